The molecule has 1 unspecified atom stereocenters. The van der Waals surface area contributed by atoms with E-state index in [0.717, 1.165) is 5.56 Å². The Balaban J connectivity index is 3.05. The van der Waals surface area contributed by atoms with Crippen molar-refractivity contribution in [2.45, 2.75) is 26.4 Å². The predicted octanol–water partition coefficient (Wildman–Crippen LogP) is 2.64. The molecule has 0 aromatic heterocycles. The highest BCUT2D eigenvalue weighted by molar-refractivity contribution is 5.41. The van der Waals surface area contributed by atoms with Gasteiger partial charge < -0.3 is 4.74 Å². The Bertz CT molecular complexity index is 292. The van der Waals surface area contributed by atoms with Crippen LogP contribution >= 0.6 is 0 Å². The number of benzene rings is 1. The highest BCUT2D eigenvalue weighted by Gasteiger charge is 2.32. The van der Waals surface area contributed by atoms with Crippen LogP contribution in [0.2, 0.25) is 0 Å². The van der Waals surface area contributed by atoms with Crippen LogP contribution in [0.1, 0.15) is 26.3 Å². The number of hydrogen-bond acceptors (Lipinski definition) is 2. The Kier molecular flexibility index (Phi) is 3.28. The van der Waals surface area contributed by atoms with E-state index >= 15 is 0 Å². The van der Waals surface area contributed by atoms with Crippen LogP contribution in [0.4, 0.5) is 0 Å². The summed E-state index contributed by atoms with van der Waals surface area (Å²) in [7, 11) is 0. The van der Waals surface area contributed by atoms with Gasteiger partial charge in [0.05, 0.1) is 0 Å². The maximum absolute atomic E-state index is 10.4. The van der Waals surface area contributed by atoms with Gasteiger partial charge >= 0.3 is 6.47 Å². The van der Waals surface area contributed by atoms with Gasteiger partial charge in [0, 0.05) is 0 Å². The van der Waals surface area contributed by atoms with Crippen molar-refractivity contribution in [3.63, 3.8) is 0 Å². The standard InChI is InChI=1S/C12H15O2/c1-10(2)12(3,14-9-13)11-7-5-4-6-8-11/h4-8,10H,1-3H3. The van der Waals surface area contributed by atoms with Gasteiger partial charge in [-0.15, -0.1) is 0 Å². The number of rotatable bonds is 4. The van der Waals surface area contributed by atoms with E-state index in [0.29, 0.717) is 0 Å². The molecule has 0 amide bonds. The molecule has 0 aliphatic carbocycles. The zero-order chi connectivity index (χ0) is 10.6. The van der Waals surface area contributed by atoms with E-state index in [9.17, 15) is 4.79 Å². The van der Waals surface area contributed by atoms with Crippen molar-refractivity contribution in [3.8, 4) is 0 Å². The molecule has 0 saturated carbocycles. The fourth-order valence-corrected chi connectivity index (χ4v) is 1.37. The third-order valence-electron chi connectivity index (χ3n) is 2.70. The summed E-state index contributed by atoms with van der Waals surface area (Å²) in [6, 6.07) is 9.72. The minimum absolute atomic E-state index is 0.214. The van der Waals surface area contributed by atoms with Crippen molar-refractivity contribution in [3.05, 3.63) is 35.9 Å². The molecular formula is C12H15O2. The van der Waals surface area contributed by atoms with Crippen molar-refractivity contribution in [2.75, 3.05) is 0 Å². The quantitative estimate of drug-likeness (QED) is 0.731. The van der Waals surface area contributed by atoms with Gasteiger partial charge in [0.1, 0.15) is 5.60 Å². The Morgan fingerprint density at radius 1 is 1.29 bits per heavy atom. The lowest BCUT2D eigenvalue weighted by atomic mass is 9.85. The highest BCUT2D eigenvalue weighted by Crippen LogP contribution is 2.32. The summed E-state index contributed by atoms with van der Waals surface area (Å²) in [4.78, 5) is 10.4. The molecule has 1 radical (unpaired) electrons. The summed E-state index contributed by atoms with van der Waals surface area (Å²) < 4.78 is 5.07. The Labute approximate surface area is 84.9 Å². The first-order valence-corrected chi connectivity index (χ1v) is 4.72. The van der Waals surface area contributed by atoms with Crippen LogP contribution in [-0.2, 0) is 15.1 Å². The first-order chi connectivity index (χ1) is 6.61. The zero-order valence-electron chi connectivity index (χ0n) is 8.78. The second kappa shape index (κ2) is 4.27. The Morgan fingerprint density at radius 3 is 2.29 bits per heavy atom. The fraction of sp³-hybridized carbons (Fsp3) is 0.417. The van der Waals surface area contributed by atoms with Crippen LogP contribution < -0.4 is 0 Å². The molecule has 0 bridgehead atoms. The van der Waals surface area contributed by atoms with E-state index in [1.807, 2.05) is 51.1 Å². The second-order valence-corrected chi connectivity index (χ2v) is 3.81. The molecule has 2 heteroatoms. The van der Waals surface area contributed by atoms with Crippen LogP contribution in [0, 0.1) is 5.92 Å². The molecule has 0 saturated heterocycles. The van der Waals surface area contributed by atoms with E-state index in [-0.39, 0.29) is 5.92 Å². The molecular weight excluding hydrogens is 176 g/mol. The molecule has 0 aliphatic heterocycles. The van der Waals surface area contributed by atoms with Crippen LogP contribution in [0.25, 0.3) is 0 Å². The number of carbonyl (C=O) groups excluding carboxylic acids is 1. The molecule has 0 fully saturated rings. The first-order valence-electron chi connectivity index (χ1n) is 4.72. The molecule has 2 nitrogen and oxygen atoms in total. The van der Waals surface area contributed by atoms with E-state index in [1.165, 1.54) is 6.47 Å². The van der Waals surface area contributed by atoms with Crippen LogP contribution in [0.15, 0.2) is 30.3 Å². The third kappa shape index (κ3) is 1.95. The third-order valence-corrected chi connectivity index (χ3v) is 2.70. The highest BCUT2D eigenvalue weighted by atomic mass is 16.5. The first kappa shape index (κ1) is 10.8. The summed E-state index contributed by atoms with van der Waals surface area (Å²) in [5, 5.41) is 0. The largest absolute Gasteiger partial charge is 0.446 e. The topological polar surface area (TPSA) is 26.3 Å². The van der Waals surface area contributed by atoms with Crippen molar-refractivity contribution in [1.29, 1.82) is 0 Å². The van der Waals surface area contributed by atoms with E-state index in [4.69, 9.17) is 4.74 Å². The molecule has 14 heavy (non-hydrogen) atoms. The predicted molar refractivity (Wildman–Crippen MR) is 55.4 cm³/mol. The van der Waals surface area contributed by atoms with Gasteiger partial charge in [-0.25, -0.2) is 4.79 Å². The molecule has 0 N–H and O–H groups in total. The molecule has 0 spiro atoms. The molecule has 0 heterocycles. The van der Waals surface area contributed by atoms with Gasteiger partial charge in [-0.3, -0.25) is 0 Å². The lowest BCUT2D eigenvalue weighted by Crippen LogP contribution is -2.31. The summed E-state index contributed by atoms with van der Waals surface area (Å²) in [6.45, 7) is 7.48. The van der Waals surface area contributed by atoms with Gasteiger partial charge in [0.15, 0.2) is 0 Å². The van der Waals surface area contributed by atoms with Crippen molar-refractivity contribution < 1.29 is 9.53 Å². The number of ether oxygens (including phenoxy) is 1. The summed E-state index contributed by atoms with van der Waals surface area (Å²) in [6.07, 6.45) is 0. The van der Waals surface area contributed by atoms with Gasteiger partial charge in [0.25, 0.3) is 0 Å². The molecule has 1 atom stereocenters. The van der Waals surface area contributed by atoms with Crippen LogP contribution in [0.5, 0.6) is 0 Å². The molecule has 1 aromatic rings. The minimum Gasteiger partial charge on any atom is -0.446 e. The maximum atomic E-state index is 10.4. The number of hydrogen-bond donors (Lipinski definition) is 0. The summed E-state index contributed by atoms with van der Waals surface area (Å²) in [5.41, 5.74) is 0.418. The Hall–Kier alpha value is -1.31. The minimum atomic E-state index is -0.580. The molecule has 75 valence electrons. The van der Waals surface area contributed by atoms with Gasteiger partial charge in [-0.1, -0.05) is 44.2 Å². The normalized spacial score (nSPS) is 14.9. The van der Waals surface area contributed by atoms with E-state index < -0.39 is 5.60 Å². The fourth-order valence-electron chi connectivity index (χ4n) is 1.37. The summed E-state index contributed by atoms with van der Waals surface area (Å²) in [5.74, 6) is 0.214. The van der Waals surface area contributed by atoms with Crippen LogP contribution in [0.3, 0.4) is 0 Å². The Morgan fingerprint density at radius 2 is 1.86 bits per heavy atom. The zero-order valence-corrected chi connectivity index (χ0v) is 8.78. The monoisotopic (exact) mass is 191 g/mol. The van der Waals surface area contributed by atoms with Gasteiger partial charge in [0.2, 0.25) is 0 Å². The second-order valence-electron chi connectivity index (χ2n) is 3.81. The van der Waals surface area contributed by atoms with Crippen LogP contribution in [-0.4, -0.2) is 6.47 Å². The van der Waals surface area contributed by atoms with Crippen molar-refractivity contribution in [2.24, 2.45) is 5.92 Å². The molecule has 1 aromatic carbocycles. The lowest BCUT2D eigenvalue weighted by Gasteiger charge is -2.31. The summed E-state index contributed by atoms with van der Waals surface area (Å²) >= 11 is 0. The van der Waals surface area contributed by atoms with Gasteiger partial charge in [-0.2, -0.15) is 0 Å². The lowest BCUT2D eigenvalue weighted by molar-refractivity contribution is 0.0206. The molecule has 1 rings (SSSR count). The van der Waals surface area contributed by atoms with Crippen molar-refractivity contribution >= 4 is 6.47 Å². The average Bonchev–Trinajstić information content (AvgIpc) is 2.19. The van der Waals surface area contributed by atoms with Gasteiger partial charge in [-0.05, 0) is 18.4 Å². The smallest absolute Gasteiger partial charge is 0.418 e. The average molecular weight is 191 g/mol. The van der Waals surface area contributed by atoms with Crippen molar-refractivity contribution in [1.82, 2.24) is 0 Å². The maximum Gasteiger partial charge on any atom is 0.418 e. The SMILES string of the molecule is CC(C)C(C)(O[C]=O)c1ccccc1. The van der Waals surface area contributed by atoms with E-state index in [2.05, 4.69) is 0 Å². The molecule has 0 aliphatic rings. The van der Waals surface area contributed by atoms with E-state index in [1.54, 1.807) is 0 Å².